The number of nitriles is 1. The summed E-state index contributed by atoms with van der Waals surface area (Å²) in [5, 5.41) is 27.8. The Morgan fingerprint density at radius 3 is 2.68 bits per heavy atom. The Bertz CT molecular complexity index is 788. The standard InChI is InChI=1S/C17H23NO4S.C7H9Cl/c1-12-9-14(23-11-13(10-19)7-8-18)5-4-6-15(12)22-17(2,3)16(20)21;1-3-4-5-6-7(2)8/h4-6,9,13-14,19H,7,10-11H2,1-3H3,(H,20,21);3-6H,2H2,1H3/b;4-3-,6-5-. The second-order valence-corrected chi connectivity index (χ2v) is 8.92. The molecule has 1 aliphatic carbocycles. The number of halogens is 1. The number of aliphatic carboxylic acids is 1. The molecule has 2 unspecified atom stereocenters. The Morgan fingerprint density at radius 1 is 1.48 bits per heavy atom. The van der Waals surface area contributed by atoms with E-state index in [1.807, 2.05) is 50.3 Å². The van der Waals surface area contributed by atoms with Gasteiger partial charge in [-0.2, -0.15) is 5.26 Å². The summed E-state index contributed by atoms with van der Waals surface area (Å²) in [6.07, 6.45) is 15.3. The van der Waals surface area contributed by atoms with Gasteiger partial charge < -0.3 is 14.9 Å². The molecule has 170 valence electrons. The fourth-order valence-electron chi connectivity index (χ4n) is 2.13. The van der Waals surface area contributed by atoms with Crippen molar-refractivity contribution in [2.75, 3.05) is 12.4 Å². The summed E-state index contributed by atoms with van der Waals surface area (Å²) in [6, 6.07) is 2.08. The van der Waals surface area contributed by atoms with Crippen LogP contribution in [0.5, 0.6) is 0 Å². The van der Waals surface area contributed by atoms with Gasteiger partial charge in [0.1, 0.15) is 5.76 Å². The first-order valence-electron chi connectivity index (χ1n) is 9.80. The van der Waals surface area contributed by atoms with Crippen molar-refractivity contribution >= 4 is 29.3 Å². The number of ether oxygens (including phenoxy) is 1. The summed E-state index contributed by atoms with van der Waals surface area (Å²) < 4.78 is 5.62. The van der Waals surface area contributed by atoms with Gasteiger partial charge in [-0.1, -0.05) is 54.6 Å². The molecule has 0 aromatic carbocycles. The fourth-order valence-corrected chi connectivity index (χ4v) is 3.42. The van der Waals surface area contributed by atoms with Crippen LogP contribution in [-0.4, -0.2) is 39.4 Å². The average Bonchev–Trinajstić information content (AvgIpc) is 2.86. The third-order valence-corrected chi connectivity index (χ3v) is 5.44. The molecule has 0 bridgehead atoms. The number of hydrogen-bond donors (Lipinski definition) is 2. The van der Waals surface area contributed by atoms with Crippen molar-refractivity contribution in [3.8, 4) is 6.07 Å². The molecule has 1 rings (SSSR count). The van der Waals surface area contributed by atoms with Crippen LogP contribution in [0.2, 0.25) is 0 Å². The summed E-state index contributed by atoms with van der Waals surface area (Å²) in [6.45, 7) is 10.3. The van der Waals surface area contributed by atoms with Crippen molar-refractivity contribution in [3.63, 3.8) is 0 Å². The maximum absolute atomic E-state index is 11.2. The number of rotatable bonds is 10. The van der Waals surface area contributed by atoms with Crippen molar-refractivity contribution in [1.82, 2.24) is 0 Å². The van der Waals surface area contributed by atoms with Gasteiger partial charge in [0.25, 0.3) is 0 Å². The second-order valence-electron chi connectivity index (χ2n) is 7.22. The maximum Gasteiger partial charge on any atom is 0.347 e. The van der Waals surface area contributed by atoms with Gasteiger partial charge >= 0.3 is 5.97 Å². The third kappa shape index (κ3) is 13.0. The minimum atomic E-state index is -1.30. The van der Waals surface area contributed by atoms with Crippen LogP contribution < -0.4 is 0 Å². The first-order chi connectivity index (χ1) is 14.6. The molecule has 5 nitrogen and oxygen atoms in total. The number of nitrogens with zero attached hydrogens (tertiary/aromatic N) is 1. The van der Waals surface area contributed by atoms with E-state index >= 15 is 0 Å². The molecule has 0 radical (unpaired) electrons. The highest BCUT2D eigenvalue weighted by Gasteiger charge is 2.30. The number of aliphatic hydroxyl groups excluding tert-OH is 1. The molecule has 0 aromatic rings. The topological polar surface area (TPSA) is 90.5 Å². The van der Waals surface area contributed by atoms with Crippen LogP contribution in [0.1, 0.15) is 34.1 Å². The Hall–Kier alpha value is -2.20. The largest absolute Gasteiger partial charge is 0.478 e. The van der Waals surface area contributed by atoms with Crippen molar-refractivity contribution in [3.05, 3.63) is 71.6 Å². The smallest absolute Gasteiger partial charge is 0.347 e. The van der Waals surface area contributed by atoms with Crippen molar-refractivity contribution in [2.45, 2.75) is 45.0 Å². The molecule has 0 fully saturated rings. The highest BCUT2D eigenvalue weighted by Crippen LogP contribution is 2.27. The number of allylic oxidation sites excluding steroid dienone is 8. The molecule has 7 heteroatoms. The van der Waals surface area contributed by atoms with Gasteiger partial charge in [-0.25, -0.2) is 4.79 Å². The van der Waals surface area contributed by atoms with Gasteiger partial charge in [-0.05, 0) is 45.4 Å². The number of carboxylic acids is 1. The molecule has 2 N–H and O–H groups in total. The van der Waals surface area contributed by atoms with E-state index < -0.39 is 11.6 Å². The molecular weight excluding hydrogens is 434 g/mol. The Morgan fingerprint density at radius 2 is 2.16 bits per heavy atom. The molecule has 0 saturated carbocycles. The van der Waals surface area contributed by atoms with E-state index in [2.05, 4.69) is 12.6 Å². The van der Waals surface area contributed by atoms with E-state index in [0.717, 1.165) is 5.57 Å². The molecule has 0 heterocycles. The summed E-state index contributed by atoms with van der Waals surface area (Å²) in [5.41, 5.74) is -0.432. The zero-order chi connectivity index (χ0) is 23.9. The van der Waals surface area contributed by atoms with E-state index in [4.69, 9.17) is 26.7 Å². The number of carbonyl (C=O) groups is 1. The van der Waals surface area contributed by atoms with E-state index in [-0.39, 0.29) is 17.8 Å². The zero-order valence-electron chi connectivity index (χ0n) is 18.5. The van der Waals surface area contributed by atoms with Crippen LogP contribution in [0.3, 0.4) is 0 Å². The Balaban J connectivity index is 0.000000954. The van der Waals surface area contributed by atoms with Gasteiger partial charge in [-0.15, -0.1) is 11.8 Å². The lowest BCUT2D eigenvalue weighted by molar-refractivity contribution is -0.156. The number of carboxylic acid groups (broad SMARTS) is 1. The summed E-state index contributed by atoms with van der Waals surface area (Å²) >= 11 is 7.03. The zero-order valence-corrected chi connectivity index (χ0v) is 20.1. The lowest BCUT2D eigenvalue weighted by atomic mass is 10.1. The van der Waals surface area contributed by atoms with Crippen LogP contribution in [-0.2, 0) is 9.53 Å². The van der Waals surface area contributed by atoms with E-state index in [1.54, 1.807) is 23.9 Å². The van der Waals surface area contributed by atoms with Crippen LogP contribution in [0.15, 0.2) is 71.6 Å². The predicted molar refractivity (Wildman–Crippen MR) is 130 cm³/mol. The molecule has 0 aliphatic heterocycles. The minimum Gasteiger partial charge on any atom is -0.478 e. The first-order valence-corrected chi connectivity index (χ1v) is 11.2. The number of aliphatic hydroxyl groups is 1. The predicted octanol–water partition coefficient (Wildman–Crippen LogP) is 5.76. The summed E-state index contributed by atoms with van der Waals surface area (Å²) in [7, 11) is 0. The van der Waals surface area contributed by atoms with Crippen molar-refractivity contribution in [2.24, 2.45) is 5.92 Å². The lowest BCUT2D eigenvalue weighted by Crippen LogP contribution is -2.34. The fraction of sp³-hybridized carbons (Fsp3) is 0.417. The number of hydrogen-bond acceptors (Lipinski definition) is 5. The number of thioether (sulfide) groups is 1. The second kappa shape index (κ2) is 15.6. The molecule has 31 heavy (non-hydrogen) atoms. The Kier molecular flexibility index (Phi) is 14.5. The van der Waals surface area contributed by atoms with E-state index in [9.17, 15) is 9.90 Å². The highest BCUT2D eigenvalue weighted by atomic mass is 35.5. The first kappa shape index (κ1) is 28.8. The van der Waals surface area contributed by atoms with Gasteiger partial charge in [0.2, 0.25) is 0 Å². The SMILES string of the molecule is C=C(Cl)/C=C\C=C/C.CC1=CC(SCC(CO)CC#N)C=CC=C1OC(C)(C)C(=O)O. The minimum absolute atomic E-state index is 0.000890. The van der Waals surface area contributed by atoms with Gasteiger partial charge in [0.15, 0.2) is 5.60 Å². The summed E-state index contributed by atoms with van der Waals surface area (Å²) in [5.74, 6) is 0.157. The van der Waals surface area contributed by atoms with Crippen molar-refractivity contribution in [1.29, 1.82) is 5.26 Å². The quantitative estimate of drug-likeness (QED) is 0.398. The van der Waals surface area contributed by atoms with Gasteiger partial charge in [-0.3, -0.25) is 0 Å². The van der Waals surface area contributed by atoms with Crippen LogP contribution in [0.25, 0.3) is 0 Å². The normalized spacial score (nSPS) is 17.1. The summed E-state index contributed by atoms with van der Waals surface area (Å²) in [4.78, 5) is 11.2. The van der Waals surface area contributed by atoms with Crippen LogP contribution >= 0.6 is 23.4 Å². The van der Waals surface area contributed by atoms with Gasteiger partial charge in [0, 0.05) is 35.0 Å². The average molecular weight is 466 g/mol. The maximum atomic E-state index is 11.2. The molecule has 0 amide bonds. The van der Waals surface area contributed by atoms with Crippen molar-refractivity contribution < 1.29 is 19.7 Å². The molecule has 0 aromatic heterocycles. The highest BCUT2D eigenvalue weighted by molar-refractivity contribution is 8.00. The lowest BCUT2D eigenvalue weighted by Gasteiger charge is -2.23. The van der Waals surface area contributed by atoms with E-state index in [0.29, 0.717) is 23.0 Å². The Labute approximate surface area is 195 Å². The monoisotopic (exact) mass is 465 g/mol. The molecule has 2 atom stereocenters. The molecular formula is C24H32ClNO4S. The van der Waals surface area contributed by atoms with Crippen LogP contribution in [0, 0.1) is 17.2 Å². The molecule has 0 spiro atoms. The third-order valence-electron chi connectivity index (χ3n) is 3.97. The van der Waals surface area contributed by atoms with E-state index in [1.165, 1.54) is 13.8 Å². The molecule has 0 saturated heterocycles. The van der Waals surface area contributed by atoms with Gasteiger partial charge in [0.05, 0.1) is 6.07 Å². The van der Waals surface area contributed by atoms with Crippen LogP contribution in [0.4, 0.5) is 0 Å². The molecule has 1 aliphatic rings.